The summed E-state index contributed by atoms with van der Waals surface area (Å²) >= 11 is 0. The molecule has 90 valence electrons. The number of rotatable bonds is 3. The number of likely N-dealkylation sites (N-methyl/N-ethyl adjacent to an activating group) is 1. The molecule has 0 aromatic carbocycles. The van der Waals surface area contributed by atoms with E-state index in [0.29, 0.717) is 11.7 Å². The quantitative estimate of drug-likeness (QED) is 0.861. The molecule has 1 fully saturated rings. The van der Waals surface area contributed by atoms with Gasteiger partial charge in [-0.2, -0.15) is 5.26 Å². The van der Waals surface area contributed by atoms with Crippen molar-refractivity contribution in [2.45, 2.75) is 25.3 Å². The molecule has 4 heteroatoms. The second-order valence-corrected chi connectivity index (χ2v) is 4.55. The first-order chi connectivity index (χ1) is 8.29. The number of anilines is 1. The van der Waals surface area contributed by atoms with Gasteiger partial charge in [-0.15, -0.1) is 0 Å². The lowest BCUT2D eigenvalue weighted by molar-refractivity contribution is 0.194. The van der Waals surface area contributed by atoms with E-state index in [4.69, 9.17) is 5.26 Å². The van der Waals surface area contributed by atoms with Gasteiger partial charge in [0.05, 0.1) is 0 Å². The van der Waals surface area contributed by atoms with Crippen LogP contribution in [0, 0.1) is 11.3 Å². The normalized spacial score (nSPS) is 20.8. The van der Waals surface area contributed by atoms with Crippen molar-refractivity contribution in [2.75, 3.05) is 25.5 Å². The van der Waals surface area contributed by atoms with Crippen molar-refractivity contribution in [1.82, 2.24) is 9.88 Å². The lowest BCUT2D eigenvalue weighted by Gasteiger charge is -2.32. The number of hydrogen-bond donors (Lipinski definition) is 1. The molecule has 1 unspecified atom stereocenters. The molecule has 1 aliphatic rings. The summed E-state index contributed by atoms with van der Waals surface area (Å²) in [4.78, 5) is 6.36. The van der Waals surface area contributed by atoms with E-state index >= 15 is 0 Å². The van der Waals surface area contributed by atoms with Crippen LogP contribution in [0.2, 0.25) is 0 Å². The van der Waals surface area contributed by atoms with Crippen molar-refractivity contribution in [3.63, 3.8) is 0 Å². The second-order valence-electron chi connectivity index (χ2n) is 4.55. The summed E-state index contributed by atoms with van der Waals surface area (Å²) in [6.07, 6.45) is 5.54. The molecule has 0 spiro atoms. The minimum atomic E-state index is 0.465. The first-order valence-electron chi connectivity index (χ1n) is 6.10. The van der Waals surface area contributed by atoms with Gasteiger partial charge in [0, 0.05) is 24.5 Å². The van der Waals surface area contributed by atoms with Crippen molar-refractivity contribution < 1.29 is 0 Å². The van der Waals surface area contributed by atoms with E-state index < -0.39 is 0 Å². The van der Waals surface area contributed by atoms with E-state index in [1.807, 2.05) is 6.07 Å². The number of likely N-dealkylation sites (tertiary alicyclic amines) is 1. The smallest absolute Gasteiger partial charge is 0.142 e. The Morgan fingerprint density at radius 1 is 1.59 bits per heavy atom. The third kappa shape index (κ3) is 3.18. The van der Waals surface area contributed by atoms with Gasteiger partial charge >= 0.3 is 0 Å². The number of pyridine rings is 1. The molecule has 1 aliphatic heterocycles. The third-order valence-electron chi connectivity index (χ3n) is 3.34. The average Bonchev–Trinajstić information content (AvgIpc) is 2.38. The molecule has 1 saturated heterocycles. The minimum Gasteiger partial charge on any atom is -0.383 e. The Balaban J connectivity index is 1.90. The fourth-order valence-electron chi connectivity index (χ4n) is 2.24. The molecular formula is C13H18N4. The molecule has 1 aromatic rings. The number of nitriles is 1. The average molecular weight is 230 g/mol. The summed E-state index contributed by atoms with van der Waals surface area (Å²) in [5.74, 6) is 0. The third-order valence-corrected chi connectivity index (χ3v) is 3.34. The molecule has 0 radical (unpaired) electrons. The standard InChI is InChI=1S/C13H18N4/c1-17-7-3-2-4-13(17)10-16-11-5-6-15-12(8-11)9-14/h5-6,8,13H,2-4,7,10H2,1H3,(H,15,16). The lowest BCUT2D eigenvalue weighted by Crippen LogP contribution is -2.40. The fourth-order valence-corrected chi connectivity index (χ4v) is 2.24. The summed E-state index contributed by atoms with van der Waals surface area (Å²) < 4.78 is 0. The van der Waals surface area contributed by atoms with Crippen LogP contribution in [0.15, 0.2) is 18.3 Å². The molecule has 0 aliphatic carbocycles. The second kappa shape index (κ2) is 5.65. The van der Waals surface area contributed by atoms with Crippen LogP contribution in [-0.2, 0) is 0 Å². The first kappa shape index (κ1) is 11.9. The van der Waals surface area contributed by atoms with Gasteiger partial charge < -0.3 is 10.2 Å². The molecule has 4 nitrogen and oxygen atoms in total. The van der Waals surface area contributed by atoms with E-state index in [-0.39, 0.29) is 0 Å². The predicted octanol–water partition coefficient (Wildman–Crippen LogP) is 1.85. The zero-order valence-electron chi connectivity index (χ0n) is 10.2. The van der Waals surface area contributed by atoms with Gasteiger partial charge in [-0.3, -0.25) is 0 Å². The molecule has 0 amide bonds. The highest BCUT2D eigenvalue weighted by molar-refractivity contribution is 5.45. The van der Waals surface area contributed by atoms with E-state index in [2.05, 4.69) is 28.3 Å². The van der Waals surface area contributed by atoms with Crippen LogP contribution in [0.4, 0.5) is 5.69 Å². The van der Waals surface area contributed by atoms with Crippen molar-refractivity contribution in [1.29, 1.82) is 5.26 Å². The highest BCUT2D eigenvalue weighted by Crippen LogP contribution is 2.16. The van der Waals surface area contributed by atoms with Gasteiger partial charge in [-0.05, 0) is 38.6 Å². The Hall–Kier alpha value is -1.60. The molecule has 1 N–H and O–H groups in total. The molecule has 2 heterocycles. The lowest BCUT2D eigenvalue weighted by atomic mass is 10.0. The molecule has 17 heavy (non-hydrogen) atoms. The van der Waals surface area contributed by atoms with Crippen LogP contribution >= 0.6 is 0 Å². The highest BCUT2D eigenvalue weighted by Gasteiger charge is 2.18. The van der Waals surface area contributed by atoms with Crippen LogP contribution < -0.4 is 5.32 Å². The molecule has 1 atom stereocenters. The summed E-state index contributed by atoms with van der Waals surface area (Å²) in [6, 6.07) is 6.35. The molecule has 0 saturated carbocycles. The van der Waals surface area contributed by atoms with Gasteiger partial charge in [-0.1, -0.05) is 6.42 Å². The van der Waals surface area contributed by atoms with Gasteiger partial charge in [0.2, 0.25) is 0 Å². The van der Waals surface area contributed by atoms with Gasteiger partial charge in [0.1, 0.15) is 11.8 Å². The Kier molecular flexibility index (Phi) is 3.94. The van der Waals surface area contributed by atoms with Crippen LogP contribution in [0.25, 0.3) is 0 Å². The van der Waals surface area contributed by atoms with Crippen molar-refractivity contribution in [3.05, 3.63) is 24.0 Å². The number of nitrogens with one attached hydrogen (secondary N) is 1. The maximum Gasteiger partial charge on any atom is 0.142 e. The zero-order valence-corrected chi connectivity index (χ0v) is 10.2. The summed E-state index contributed by atoms with van der Waals surface area (Å²) in [7, 11) is 2.18. The Bertz CT molecular complexity index is 410. The SMILES string of the molecule is CN1CCCCC1CNc1ccnc(C#N)c1. The minimum absolute atomic E-state index is 0.465. The predicted molar refractivity (Wildman–Crippen MR) is 67.7 cm³/mol. The van der Waals surface area contributed by atoms with Gasteiger partial charge in [-0.25, -0.2) is 4.98 Å². The summed E-state index contributed by atoms with van der Waals surface area (Å²) in [6.45, 7) is 2.12. The number of nitrogens with zero attached hydrogens (tertiary/aromatic N) is 3. The maximum absolute atomic E-state index is 8.77. The number of aromatic nitrogens is 1. The largest absolute Gasteiger partial charge is 0.383 e. The molecule has 1 aromatic heterocycles. The van der Waals surface area contributed by atoms with Crippen molar-refractivity contribution in [2.24, 2.45) is 0 Å². The monoisotopic (exact) mass is 230 g/mol. The molecule has 0 bridgehead atoms. The van der Waals surface area contributed by atoms with Crippen molar-refractivity contribution >= 4 is 5.69 Å². The van der Waals surface area contributed by atoms with E-state index in [0.717, 1.165) is 12.2 Å². The van der Waals surface area contributed by atoms with Crippen LogP contribution in [0.5, 0.6) is 0 Å². The molecular weight excluding hydrogens is 212 g/mol. The first-order valence-corrected chi connectivity index (χ1v) is 6.10. The highest BCUT2D eigenvalue weighted by atomic mass is 15.2. The topological polar surface area (TPSA) is 52.0 Å². The van der Waals surface area contributed by atoms with Crippen molar-refractivity contribution in [3.8, 4) is 6.07 Å². The van der Waals surface area contributed by atoms with Gasteiger partial charge in [0.25, 0.3) is 0 Å². The Morgan fingerprint density at radius 3 is 3.24 bits per heavy atom. The Labute approximate surface area is 102 Å². The van der Waals surface area contributed by atoms with Crippen LogP contribution in [0.1, 0.15) is 25.0 Å². The molecule has 2 rings (SSSR count). The number of hydrogen-bond acceptors (Lipinski definition) is 4. The Morgan fingerprint density at radius 2 is 2.47 bits per heavy atom. The van der Waals surface area contributed by atoms with Crippen LogP contribution in [-0.4, -0.2) is 36.1 Å². The fraction of sp³-hybridized carbons (Fsp3) is 0.538. The zero-order chi connectivity index (χ0) is 12.1. The maximum atomic E-state index is 8.77. The van der Waals surface area contributed by atoms with E-state index in [1.54, 1.807) is 12.3 Å². The van der Waals surface area contributed by atoms with E-state index in [1.165, 1.54) is 25.8 Å². The number of piperidine rings is 1. The summed E-state index contributed by atoms with van der Waals surface area (Å²) in [5.41, 5.74) is 1.45. The van der Waals surface area contributed by atoms with E-state index in [9.17, 15) is 0 Å². The van der Waals surface area contributed by atoms with Gasteiger partial charge in [0.15, 0.2) is 0 Å². The summed E-state index contributed by atoms with van der Waals surface area (Å²) in [5, 5.41) is 12.2. The van der Waals surface area contributed by atoms with Crippen LogP contribution in [0.3, 0.4) is 0 Å².